The first-order valence-electron chi connectivity index (χ1n) is 12.4. The van der Waals surface area contributed by atoms with Crippen LogP contribution in [-0.2, 0) is 6.54 Å². The van der Waals surface area contributed by atoms with Gasteiger partial charge in [-0.05, 0) is 93.9 Å². The standard InChI is InChI=1S/C25H41N3O2/c1-23-9-6-18(29)14-17(23)4-5-20-19(23)7-10-24(2)21(8-11-25(20,24)30)22-15-28(16-27-22)13-3-12-26/h15-21,29-30H,3-14,26H2,1-2H3/t17-,18+,19?,20?,21?,23+,24-,25?/m1/s1. The van der Waals surface area contributed by atoms with E-state index in [1.807, 2.05) is 6.33 Å². The third-order valence-corrected chi connectivity index (χ3v) is 10.5. The van der Waals surface area contributed by atoms with Crippen LogP contribution in [0.1, 0.15) is 89.7 Å². The Morgan fingerprint density at radius 3 is 2.73 bits per heavy atom. The summed E-state index contributed by atoms with van der Waals surface area (Å²) in [5.41, 5.74) is 6.48. The fraction of sp³-hybridized carbons (Fsp3) is 0.880. The van der Waals surface area contributed by atoms with Gasteiger partial charge in [0.05, 0.1) is 23.7 Å². The number of aromatic nitrogens is 2. The van der Waals surface area contributed by atoms with E-state index in [-0.39, 0.29) is 11.5 Å². The normalized spacial score (nSPS) is 48.1. The van der Waals surface area contributed by atoms with E-state index in [1.54, 1.807) is 0 Å². The smallest absolute Gasteiger partial charge is 0.0949 e. The van der Waals surface area contributed by atoms with Crippen molar-refractivity contribution in [2.75, 3.05) is 6.54 Å². The van der Waals surface area contributed by atoms with E-state index in [2.05, 4.69) is 24.6 Å². The quantitative estimate of drug-likeness (QED) is 0.698. The number of aryl methyl sites for hydroxylation is 1. The van der Waals surface area contributed by atoms with Crippen molar-refractivity contribution in [1.82, 2.24) is 9.55 Å². The van der Waals surface area contributed by atoms with Crippen LogP contribution < -0.4 is 5.73 Å². The molecule has 0 aromatic carbocycles. The highest BCUT2D eigenvalue weighted by Gasteiger charge is 2.67. The van der Waals surface area contributed by atoms with E-state index in [9.17, 15) is 10.2 Å². The first-order valence-corrected chi connectivity index (χ1v) is 12.4. The van der Waals surface area contributed by atoms with Gasteiger partial charge >= 0.3 is 0 Å². The lowest BCUT2D eigenvalue weighted by atomic mass is 9.43. The number of rotatable bonds is 4. The number of imidazole rings is 1. The molecule has 0 saturated heterocycles. The molecule has 5 rings (SSSR count). The molecule has 30 heavy (non-hydrogen) atoms. The van der Waals surface area contributed by atoms with Crippen molar-refractivity contribution in [2.45, 2.75) is 102 Å². The Bertz CT molecular complexity index is 780. The molecular formula is C25H41N3O2. The van der Waals surface area contributed by atoms with Gasteiger partial charge in [0.1, 0.15) is 0 Å². The molecule has 1 aromatic heterocycles. The van der Waals surface area contributed by atoms with Crippen LogP contribution in [-0.4, -0.2) is 38.0 Å². The maximum Gasteiger partial charge on any atom is 0.0949 e. The minimum absolute atomic E-state index is 0.0847. The highest BCUT2D eigenvalue weighted by Crippen LogP contribution is 2.70. The van der Waals surface area contributed by atoms with Gasteiger partial charge in [0.15, 0.2) is 0 Å². The average molecular weight is 416 g/mol. The summed E-state index contributed by atoms with van der Waals surface area (Å²) in [4.78, 5) is 4.79. The van der Waals surface area contributed by atoms with E-state index in [4.69, 9.17) is 10.7 Å². The predicted octanol–water partition coefficient (Wildman–Crippen LogP) is 3.83. The lowest BCUT2D eigenvalue weighted by molar-refractivity contribution is -0.205. The number of fused-ring (bicyclic) bond motifs is 5. The maximum absolute atomic E-state index is 12.3. The van der Waals surface area contributed by atoms with Crippen molar-refractivity contribution in [2.24, 2.45) is 34.3 Å². The predicted molar refractivity (Wildman–Crippen MR) is 118 cm³/mol. The van der Waals surface area contributed by atoms with Gasteiger partial charge in [0.25, 0.3) is 0 Å². The number of hydrogen-bond donors (Lipinski definition) is 3. The van der Waals surface area contributed by atoms with Gasteiger partial charge < -0.3 is 20.5 Å². The van der Waals surface area contributed by atoms with Crippen LogP contribution in [0.2, 0.25) is 0 Å². The first-order chi connectivity index (χ1) is 14.3. The summed E-state index contributed by atoms with van der Waals surface area (Å²) >= 11 is 0. The summed E-state index contributed by atoms with van der Waals surface area (Å²) in [6.07, 6.45) is 14.6. The molecule has 4 aliphatic carbocycles. The average Bonchev–Trinajstić information content (AvgIpc) is 3.29. The van der Waals surface area contributed by atoms with E-state index >= 15 is 0 Å². The second kappa shape index (κ2) is 7.31. The Morgan fingerprint density at radius 1 is 1.10 bits per heavy atom. The molecule has 0 bridgehead atoms. The number of nitrogens with zero attached hydrogens (tertiary/aromatic N) is 2. The SMILES string of the molecule is C[C@]12CC[C@H](O)C[C@H]1CCC1C2CC[C@]2(C)C(c3cn(CCCN)cn3)CCC12O. The van der Waals surface area contributed by atoms with E-state index < -0.39 is 5.60 Å². The summed E-state index contributed by atoms with van der Waals surface area (Å²) in [5.74, 6) is 1.98. The number of hydrogen-bond acceptors (Lipinski definition) is 4. The molecule has 0 aliphatic heterocycles. The fourth-order valence-electron chi connectivity index (χ4n) is 8.63. The Kier molecular flexibility index (Phi) is 5.11. The molecule has 0 amide bonds. The molecule has 8 atom stereocenters. The third kappa shape index (κ3) is 2.87. The van der Waals surface area contributed by atoms with Gasteiger partial charge in [0, 0.05) is 24.1 Å². The summed E-state index contributed by atoms with van der Waals surface area (Å²) in [6, 6.07) is 0. The molecule has 4 saturated carbocycles. The molecule has 4 fully saturated rings. The summed E-state index contributed by atoms with van der Waals surface area (Å²) in [7, 11) is 0. The lowest BCUT2D eigenvalue weighted by Crippen LogP contribution is -2.62. The van der Waals surface area contributed by atoms with Gasteiger partial charge in [-0.25, -0.2) is 4.98 Å². The molecule has 1 aromatic rings. The van der Waals surface area contributed by atoms with Gasteiger partial charge in [-0.1, -0.05) is 13.8 Å². The van der Waals surface area contributed by atoms with Crippen molar-refractivity contribution >= 4 is 0 Å². The summed E-state index contributed by atoms with van der Waals surface area (Å²) in [6.45, 7) is 6.47. The van der Waals surface area contributed by atoms with E-state index in [0.717, 1.165) is 57.9 Å². The Hall–Kier alpha value is -0.910. The summed E-state index contributed by atoms with van der Waals surface area (Å²) in [5, 5.41) is 22.6. The van der Waals surface area contributed by atoms with Crippen molar-refractivity contribution in [3.05, 3.63) is 18.2 Å². The van der Waals surface area contributed by atoms with Gasteiger partial charge in [-0.2, -0.15) is 0 Å². The largest absolute Gasteiger partial charge is 0.393 e. The third-order valence-electron chi connectivity index (χ3n) is 10.5. The zero-order valence-electron chi connectivity index (χ0n) is 18.9. The van der Waals surface area contributed by atoms with Crippen LogP contribution >= 0.6 is 0 Å². The van der Waals surface area contributed by atoms with Crippen molar-refractivity contribution in [3.8, 4) is 0 Å². The minimum atomic E-state index is -0.578. The number of nitrogens with two attached hydrogens (primary N) is 1. The summed E-state index contributed by atoms with van der Waals surface area (Å²) < 4.78 is 2.17. The molecule has 168 valence electrons. The minimum Gasteiger partial charge on any atom is -0.393 e. The monoisotopic (exact) mass is 415 g/mol. The lowest BCUT2D eigenvalue weighted by Gasteiger charge is -2.63. The Morgan fingerprint density at radius 2 is 1.93 bits per heavy atom. The number of aliphatic hydroxyl groups excluding tert-OH is 1. The zero-order valence-corrected chi connectivity index (χ0v) is 18.9. The molecule has 4 aliphatic rings. The second-order valence-corrected chi connectivity index (χ2v) is 11.6. The molecule has 5 heteroatoms. The van der Waals surface area contributed by atoms with Gasteiger partial charge in [-0.15, -0.1) is 0 Å². The van der Waals surface area contributed by atoms with Crippen molar-refractivity contribution in [1.29, 1.82) is 0 Å². The van der Waals surface area contributed by atoms with Gasteiger partial charge in [0.2, 0.25) is 0 Å². The van der Waals surface area contributed by atoms with Crippen LogP contribution in [0.15, 0.2) is 12.5 Å². The van der Waals surface area contributed by atoms with Crippen molar-refractivity contribution < 1.29 is 10.2 Å². The topological polar surface area (TPSA) is 84.3 Å². The number of aliphatic hydroxyl groups is 2. The van der Waals surface area contributed by atoms with Crippen LogP contribution in [0.25, 0.3) is 0 Å². The van der Waals surface area contributed by atoms with Crippen LogP contribution in [0.5, 0.6) is 0 Å². The second-order valence-electron chi connectivity index (χ2n) is 11.6. The van der Waals surface area contributed by atoms with Gasteiger partial charge in [-0.3, -0.25) is 0 Å². The Balaban J connectivity index is 1.41. The van der Waals surface area contributed by atoms with Crippen LogP contribution in [0.4, 0.5) is 0 Å². The van der Waals surface area contributed by atoms with Crippen LogP contribution in [0, 0.1) is 28.6 Å². The highest BCUT2D eigenvalue weighted by molar-refractivity contribution is 5.24. The highest BCUT2D eigenvalue weighted by atomic mass is 16.3. The molecule has 0 spiro atoms. The zero-order chi connectivity index (χ0) is 21.1. The van der Waals surface area contributed by atoms with Crippen LogP contribution in [0.3, 0.4) is 0 Å². The van der Waals surface area contributed by atoms with E-state index in [1.165, 1.54) is 18.5 Å². The molecule has 1 heterocycles. The molecule has 4 unspecified atom stereocenters. The van der Waals surface area contributed by atoms with Crippen molar-refractivity contribution in [3.63, 3.8) is 0 Å². The molecule has 0 radical (unpaired) electrons. The Labute approximate surface area is 181 Å². The molecule has 5 nitrogen and oxygen atoms in total. The fourth-order valence-corrected chi connectivity index (χ4v) is 8.63. The van der Waals surface area contributed by atoms with E-state index in [0.29, 0.717) is 35.6 Å². The first kappa shape index (κ1) is 21.0. The molecule has 4 N–H and O–H groups in total. The maximum atomic E-state index is 12.3. The molecular weight excluding hydrogens is 374 g/mol.